The summed E-state index contributed by atoms with van der Waals surface area (Å²) in [6, 6.07) is 8.12. The van der Waals surface area contributed by atoms with E-state index in [1.165, 1.54) is 18.2 Å². The summed E-state index contributed by atoms with van der Waals surface area (Å²) in [5, 5.41) is 0.0384. The molecule has 222 valence electrons. The zero-order valence-corrected chi connectivity index (χ0v) is 25.4. The summed E-state index contributed by atoms with van der Waals surface area (Å²) in [4.78, 5) is 41.8. The third-order valence-corrected chi connectivity index (χ3v) is 8.72. The van der Waals surface area contributed by atoms with Crippen LogP contribution >= 0.6 is 11.6 Å². The number of rotatable bonds is 6. The molecule has 0 unspecified atom stereocenters. The van der Waals surface area contributed by atoms with Crippen molar-refractivity contribution in [2.45, 2.75) is 71.5 Å². The molecule has 3 aromatic rings. The lowest BCUT2D eigenvalue weighted by molar-refractivity contribution is 0.0606. The molecule has 0 radical (unpaired) electrons. The summed E-state index contributed by atoms with van der Waals surface area (Å²) in [7, 11) is 1.73. The Labute approximate surface area is 250 Å². The van der Waals surface area contributed by atoms with Crippen molar-refractivity contribution in [3.8, 4) is 0 Å². The Morgan fingerprint density at radius 2 is 1.69 bits per heavy atom. The maximum Gasteiger partial charge on any atom is 0.256 e. The first-order valence-electron chi connectivity index (χ1n) is 14.4. The van der Waals surface area contributed by atoms with Crippen molar-refractivity contribution < 1.29 is 18.4 Å². The number of halogens is 3. The van der Waals surface area contributed by atoms with Crippen LogP contribution in [-0.2, 0) is 6.42 Å². The average Bonchev–Trinajstić information content (AvgIpc) is 3.33. The fourth-order valence-electron chi connectivity index (χ4n) is 6.29. The fraction of sp³-hybridized carbons (Fsp3) is 0.438. The van der Waals surface area contributed by atoms with Gasteiger partial charge in [0.15, 0.2) is 0 Å². The molecule has 42 heavy (non-hydrogen) atoms. The van der Waals surface area contributed by atoms with Gasteiger partial charge >= 0.3 is 0 Å². The third-order valence-electron chi connectivity index (χ3n) is 8.40. The first kappa shape index (κ1) is 29.9. The first-order valence-corrected chi connectivity index (χ1v) is 14.8. The lowest BCUT2D eigenvalue weighted by Crippen LogP contribution is -2.46. The van der Waals surface area contributed by atoms with E-state index in [1.54, 1.807) is 22.9 Å². The predicted molar refractivity (Wildman–Crippen MR) is 159 cm³/mol. The first-order chi connectivity index (χ1) is 19.9. The van der Waals surface area contributed by atoms with Crippen molar-refractivity contribution in [3.05, 3.63) is 86.8 Å². The van der Waals surface area contributed by atoms with Crippen LogP contribution in [0, 0.1) is 25.5 Å². The highest BCUT2D eigenvalue weighted by Gasteiger charge is 2.36. The SMILES string of the molecule is Cc1cc(N2CCC(N(C)C(=O)c3cc4c(cc3F)CC[C@H]4N(C(=O)c3ccc(F)cc3Cl)C(C)C)CC2)nc(C)n1. The molecule has 0 N–H and O–H groups in total. The van der Waals surface area contributed by atoms with Gasteiger partial charge in [0.1, 0.15) is 23.3 Å². The molecule has 0 bridgehead atoms. The number of hydrogen-bond acceptors (Lipinski definition) is 5. The maximum atomic E-state index is 15.4. The Hall–Kier alpha value is -3.59. The Kier molecular flexibility index (Phi) is 8.51. The highest BCUT2D eigenvalue weighted by atomic mass is 35.5. The average molecular weight is 596 g/mol. The van der Waals surface area contributed by atoms with Crippen LogP contribution in [0.2, 0.25) is 5.02 Å². The number of nitrogens with zero attached hydrogens (tertiary/aromatic N) is 5. The van der Waals surface area contributed by atoms with Crippen LogP contribution in [0.3, 0.4) is 0 Å². The van der Waals surface area contributed by atoms with Crippen LogP contribution in [0.15, 0.2) is 36.4 Å². The van der Waals surface area contributed by atoms with Gasteiger partial charge in [0.2, 0.25) is 0 Å². The number of benzene rings is 2. The number of carbonyl (C=O) groups is 2. The molecular formula is C32H36ClF2N5O2. The smallest absolute Gasteiger partial charge is 0.256 e. The van der Waals surface area contributed by atoms with E-state index in [2.05, 4.69) is 14.9 Å². The molecule has 2 amide bonds. The van der Waals surface area contributed by atoms with Gasteiger partial charge in [-0.25, -0.2) is 18.7 Å². The van der Waals surface area contributed by atoms with Gasteiger partial charge in [-0.05, 0) is 94.8 Å². The molecule has 1 aliphatic carbocycles. The number of aromatic nitrogens is 2. The lowest BCUT2D eigenvalue weighted by atomic mass is 9.98. The number of fused-ring (bicyclic) bond motifs is 1. The minimum atomic E-state index is -0.556. The molecule has 2 aromatic carbocycles. The standard InChI is InChI=1S/C32H36ClF2N5O2/c1-18(2)40(32(42)24-8-7-22(34)16-27(24)33)29-9-6-21-15-28(35)26(17-25(21)29)31(41)38(5)23-10-12-39(13-11-23)30-14-19(3)36-20(4)37-30/h7-8,14-18,23,29H,6,9-13H2,1-5H3/t29-/m1/s1. The molecule has 1 aromatic heterocycles. The van der Waals surface area contributed by atoms with E-state index in [-0.39, 0.29) is 46.1 Å². The van der Waals surface area contributed by atoms with E-state index in [4.69, 9.17) is 11.6 Å². The normalized spacial score (nSPS) is 17.0. The Morgan fingerprint density at radius 1 is 0.976 bits per heavy atom. The monoisotopic (exact) mass is 595 g/mol. The highest BCUT2D eigenvalue weighted by molar-refractivity contribution is 6.33. The molecule has 2 heterocycles. The predicted octanol–water partition coefficient (Wildman–Crippen LogP) is 6.30. The van der Waals surface area contributed by atoms with Gasteiger partial charge in [-0.3, -0.25) is 9.59 Å². The second-order valence-electron chi connectivity index (χ2n) is 11.6. The Balaban J connectivity index is 1.35. The van der Waals surface area contributed by atoms with Gasteiger partial charge < -0.3 is 14.7 Å². The summed E-state index contributed by atoms with van der Waals surface area (Å²) in [6.45, 7) is 9.07. The van der Waals surface area contributed by atoms with Crippen LogP contribution in [0.1, 0.15) is 82.5 Å². The van der Waals surface area contributed by atoms with Gasteiger partial charge in [-0.1, -0.05) is 11.6 Å². The van der Waals surface area contributed by atoms with Gasteiger partial charge in [-0.15, -0.1) is 0 Å². The summed E-state index contributed by atoms with van der Waals surface area (Å²) in [6.07, 6.45) is 2.63. The zero-order chi connectivity index (χ0) is 30.3. The van der Waals surface area contributed by atoms with E-state index < -0.39 is 11.6 Å². The number of hydrogen-bond donors (Lipinski definition) is 0. The molecule has 2 aliphatic rings. The van der Waals surface area contributed by atoms with Crippen LogP contribution < -0.4 is 4.90 Å². The minimum absolute atomic E-state index is 0.00333. The topological polar surface area (TPSA) is 69.6 Å². The van der Waals surface area contributed by atoms with Crippen LogP contribution in [0.5, 0.6) is 0 Å². The zero-order valence-electron chi connectivity index (χ0n) is 24.6. The van der Waals surface area contributed by atoms with Crippen molar-refractivity contribution in [3.63, 3.8) is 0 Å². The summed E-state index contributed by atoms with van der Waals surface area (Å²) in [5.41, 5.74) is 2.67. The van der Waals surface area contributed by atoms with Gasteiger partial charge in [0.05, 0.1) is 22.2 Å². The molecule has 0 spiro atoms. The molecule has 0 saturated carbocycles. The Bertz CT molecular complexity index is 1500. The van der Waals surface area contributed by atoms with Crippen molar-refractivity contribution in [1.29, 1.82) is 0 Å². The molecule has 1 aliphatic heterocycles. The number of piperidine rings is 1. The molecular weight excluding hydrogens is 560 g/mol. The summed E-state index contributed by atoms with van der Waals surface area (Å²) >= 11 is 6.24. The lowest BCUT2D eigenvalue weighted by Gasteiger charge is -2.37. The minimum Gasteiger partial charge on any atom is -0.356 e. The quantitative estimate of drug-likeness (QED) is 0.334. The Morgan fingerprint density at radius 3 is 2.33 bits per heavy atom. The second kappa shape index (κ2) is 12.0. The van der Waals surface area contributed by atoms with E-state index in [0.717, 1.165) is 60.5 Å². The van der Waals surface area contributed by atoms with E-state index in [1.807, 2.05) is 33.8 Å². The molecule has 1 fully saturated rings. The summed E-state index contributed by atoms with van der Waals surface area (Å²) < 4.78 is 29.0. The summed E-state index contributed by atoms with van der Waals surface area (Å²) in [5.74, 6) is -0.177. The molecule has 1 saturated heterocycles. The second-order valence-corrected chi connectivity index (χ2v) is 12.0. The molecule has 7 nitrogen and oxygen atoms in total. The van der Waals surface area contributed by atoms with Gasteiger partial charge in [-0.2, -0.15) is 0 Å². The highest BCUT2D eigenvalue weighted by Crippen LogP contribution is 2.40. The number of aryl methyl sites for hydroxylation is 3. The van der Waals surface area contributed by atoms with Crippen molar-refractivity contribution >= 4 is 29.2 Å². The van der Waals surface area contributed by atoms with Gasteiger partial charge in [0.25, 0.3) is 11.8 Å². The number of amides is 2. The molecule has 5 rings (SSSR count). The van der Waals surface area contributed by atoms with E-state index >= 15 is 4.39 Å². The van der Waals surface area contributed by atoms with Crippen LogP contribution in [0.25, 0.3) is 0 Å². The van der Waals surface area contributed by atoms with Crippen molar-refractivity contribution in [2.75, 3.05) is 25.0 Å². The fourth-order valence-corrected chi connectivity index (χ4v) is 6.54. The van der Waals surface area contributed by atoms with E-state index in [9.17, 15) is 14.0 Å². The van der Waals surface area contributed by atoms with Gasteiger partial charge in [0, 0.05) is 44.0 Å². The largest absolute Gasteiger partial charge is 0.356 e. The number of anilines is 1. The van der Waals surface area contributed by atoms with Crippen molar-refractivity contribution in [1.82, 2.24) is 19.8 Å². The molecule has 10 heteroatoms. The number of carbonyl (C=O) groups excluding carboxylic acids is 2. The van der Waals surface area contributed by atoms with Crippen LogP contribution in [0.4, 0.5) is 14.6 Å². The molecule has 1 atom stereocenters. The van der Waals surface area contributed by atoms with Crippen molar-refractivity contribution in [2.24, 2.45) is 0 Å². The van der Waals surface area contributed by atoms with Crippen LogP contribution in [-0.4, -0.2) is 63.8 Å². The maximum absolute atomic E-state index is 15.4. The third kappa shape index (κ3) is 5.84. The van der Waals surface area contributed by atoms with E-state index in [0.29, 0.717) is 12.8 Å².